The molecule has 2 rings (SSSR count). The summed E-state index contributed by atoms with van der Waals surface area (Å²) in [5.74, 6) is -1.67. The molecule has 0 radical (unpaired) electrons. The molecule has 0 aliphatic heterocycles. The van der Waals surface area contributed by atoms with Crippen LogP contribution >= 0.6 is 0 Å². The summed E-state index contributed by atoms with van der Waals surface area (Å²) in [7, 11) is 0. The number of nitrogens with zero attached hydrogens (tertiary/aromatic N) is 2. The number of carboxylic acid groups (broad SMARTS) is 1. The molecule has 2 N–H and O–H groups in total. The molecule has 0 spiro atoms. The Kier molecular flexibility index (Phi) is 5.55. The van der Waals surface area contributed by atoms with E-state index in [1.54, 1.807) is 12.1 Å². The number of amides is 1. The van der Waals surface area contributed by atoms with Crippen molar-refractivity contribution < 1.29 is 14.7 Å². The number of aromatic nitrogens is 1. The summed E-state index contributed by atoms with van der Waals surface area (Å²) in [6.07, 6.45) is 1.56. The quantitative estimate of drug-likeness (QED) is 0.630. The Morgan fingerprint density at radius 1 is 1.22 bits per heavy atom. The third kappa shape index (κ3) is 4.45. The SMILES string of the molecule is Cc1cc(/C=C(/C#N)C(=O)Nc2cccc(C(=O)O)c2)c(C)n1C(C)(C)C. The minimum absolute atomic E-state index is 0.0510. The number of hydrogen-bond acceptors (Lipinski definition) is 3. The van der Waals surface area contributed by atoms with E-state index in [1.807, 2.05) is 26.0 Å². The number of carbonyl (C=O) groups is 2. The molecule has 0 unspecified atom stereocenters. The van der Waals surface area contributed by atoms with Crippen molar-refractivity contribution in [3.05, 3.63) is 58.4 Å². The van der Waals surface area contributed by atoms with E-state index in [0.717, 1.165) is 17.0 Å². The zero-order valence-electron chi connectivity index (χ0n) is 16.1. The van der Waals surface area contributed by atoms with Crippen molar-refractivity contribution in [3.8, 4) is 6.07 Å². The van der Waals surface area contributed by atoms with Crippen LogP contribution in [0.4, 0.5) is 5.69 Å². The fourth-order valence-electron chi connectivity index (χ4n) is 3.20. The molecule has 1 heterocycles. The van der Waals surface area contributed by atoms with Gasteiger partial charge in [0.2, 0.25) is 0 Å². The highest BCUT2D eigenvalue weighted by molar-refractivity contribution is 6.10. The lowest BCUT2D eigenvalue weighted by molar-refractivity contribution is -0.112. The first-order valence-corrected chi connectivity index (χ1v) is 8.50. The van der Waals surface area contributed by atoms with Crippen LogP contribution in [0, 0.1) is 25.2 Å². The molecule has 140 valence electrons. The van der Waals surface area contributed by atoms with Crippen LogP contribution in [0.1, 0.15) is 48.1 Å². The summed E-state index contributed by atoms with van der Waals surface area (Å²) < 4.78 is 2.15. The van der Waals surface area contributed by atoms with Gasteiger partial charge in [-0.2, -0.15) is 5.26 Å². The Hall–Kier alpha value is -3.33. The van der Waals surface area contributed by atoms with Crippen LogP contribution in [-0.2, 0) is 10.3 Å². The molecule has 0 saturated heterocycles. The van der Waals surface area contributed by atoms with Gasteiger partial charge in [0, 0.05) is 22.6 Å². The smallest absolute Gasteiger partial charge is 0.335 e. The number of nitriles is 1. The minimum Gasteiger partial charge on any atom is -0.478 e. The van der Waals surface area contributed by atoms with E-state index in [2.05, 4.69) is 30.7 Å². The highest BCUT2D eigenvalue weighted by Crippen LogP contribution is 2.26. The van der Waals surface area contributed by atoms with Gasteiger partial charge in [-0.1, -0.05) is 6.07 Å². The van der Waals surface area contributed by atoms with Crippen molar-refractivity contribution in [2.45, 2.75) is 40.2 Å². The van der Waals surface area contributed by atoms with E-state index in [9.17, 15) is 14.9 Å². The topological polar surface area (TPSA) is 95.1 Å². The van der Waals surface area contributed by atoms with Crippen molar-refractivity contribution in [3.63, 3.8) is 0 Å². The monoisotopic (exact) mass is 365 g/mol. The molecule has 27 heavy (non-hydrogen) atoms. The molecular formula is C21H23N3O3. The van der Waals surface area contributed by atoms with Gasteiger partial charge in [-0.25, -0.2) is 4.79 Å². The molecule has 6 heteroatoms. The average molecular weight is 365 g/mol. The number of hydrogen-bond donors (Lipinski definition) is 2. The maximum absolute atomic E-state index is 12.5. The summed E-state index contributed by atoms with van der Waals surface area (Å²) >= 11 is 0. The van der Waals surface area contributed by atoms with Crippen LogP contribution in [0.3, 0.4) is 0 Å². The molecule has 1 aromatic heterocycles. The van der Waals surface area contributed by atoms with Gasteiger partial charge in [-0.05, 0) is 70.5 Å². The van der Waals surface area contributed by atoms with E-state index in [1.165, 1.54) is 18.2 Å². The normalized spacial score (nSPS) is 11.8. The predicted molar refractivity (Wildman–Crippen MR) is 105 cm³/mol. The van der Waals surface area contributed by atoms with Gasteiger partial charge >= 0.3 is 5.97 Å². The zero-order valence-corrected chi connectivity index (χ0v) is 16.1. The van der Waals surface area contributed by atoms with Crippen LogP contribution < -0.4 is 5.32 Å². The van der Waals surface area contributed by atoms with Crippen LogP contribution in [0.2, 0.25) is 0 Å². The number of aromatic carboxylic acids is 1. The average Bonchev–Trinajstić information content (AvgIpc) is 2.86. The molecule has 1 amide bonds. The molecule has 2 aromatic rings. The highest BCUT2D eigenvalue weighted by atomic mass is 16.4. The molecule has 0 fully saturated rings. The summed E-state index contributed by atoms with van der Waals surface area (Å²) in [5.41, 5.74) is 3.02. The molecule has 0 aliphatic rings. The fraction of sp³-hybridized carbons (Fsp3) is 0.286. The summed E-state index contributed by atoms with van der Waals surface area (Å²) in [6, 6.07) is 9.75. The standard InChI is InChI=1S/C21H23N3O3/c1-13-9-16(14(2)24(13)21(3,4)5)10-17(12-22)19(25)23-18-8-6-7-15(11-18)20(26)27/h6-11H,1-5H3,(H,23,25)(H,26,27)/b17-10-. The number of rotatable bonds is 4. The molecule has 0 bridgehead atoms. The number of aryl methyl sites for hydroxylation is 1. The minimum atomic E-state index is -1.09. The third-order valence-corrected chi connectivity index (χ3v) is 4.17. The second-order valence-corrected chi connectivity index (χ2v) is 7.34. The highest BCUT2D eigenvalue weighted by Gasteiger charge is 2.20. The van der Waals surface area contributed by atoms with Crippen LogP contribution in [0.15, 0.2) is 35.9 Å². The van der Waals surface area contributed by atoms with E-state index in [0.29, 0.717) is 5.69 Å². The van der Waals surface area contributed by atoms with Crippen LogP contribution in [-0.4, -0.2) is 21.6 Å². The van der Waals surface area contributed by atoms with Gasteiger partial charge in [0.25, 0.3) is 5.91 Å². The maximum Gasteiger partial charge on any atom is 0.335 e. The Morgan fingerprint density at radius 2 is 1.89 bits per heavy atom. The van der Waals surface area contributed by atoms with Crippen LogP contribution in [0.5, 0.6) is 0 Å². The number of nitrogens with one attached hydrogen (secondary N) is 1. The van der Waals surface area contributed by atoms with E-state index in [4.69, 9.17) is 5.11 Å². The van der Waals surface area contributed by atoms with E-state index in [-0.39, 0.29) is 16.7 Å². The molecule has 6 nitrogen and oxygen atoms in total. The molecular weight excluding hydrogens is 342 g/mol. The number of carboxylic acids is 1. The number of carbonyl (C=O) groups excluding carboxylic acids is 1. The van der Waals surface area contributed by atoms with Gasteiger partial charge < -0.3 is 15.0 Å². The third-order valence-electron chi connectivity index (χ3n) is 4.17. The summed E-state index contributed by atoms with van der Waals surface area (Å²) in [6.45, 7) is 10.2. The summed E-state index contributed by atoms with van der Waals surface area (Å²) in [5, 5.41) is 21.0. The van der Waals surface area contributed by atoms with Gasteiger partial charge in [0.05, 0.1) is 5.56 Å². The Bertz CT molecular complexity index is 970. The van der Waals surface area contributed by atoms with Crippen molar-refractivity contribution in [2.75, 3.05) is 5.32 Å². The molecule has 0 aliphatic carbocycles. The number of benzene rings is 1. The van der Waals surface area contributed by atoms with Gasteiger partial charge in [0.1, 0.15) is 11.6 Å². The Morgan fingerprint density at radius 3 is 2.41 bits per heavy atom. The lowest BCUT2D eigenvalue weighted by Crippen LogP contribution is -2.24. The first-order chi connectivity index (χ1) is 12.5. The molecule has 1 aromatic carbocycles. The molecule has 0 atom stereocenters. The van der Waals surface area contributed by atoms with Crippen molar-refractivity contribution in [1.82, 2.24) is 4.57 Å². The molecule has 0 saturated carbocycles. The Balaban J connectivity index is 2.34. The van der Waals surface area contributed by atoms with Gasteiger partial charge in [-0.3, -0.25) is 4.79 Å². The van der Waals surface area contributed by atoms with Gasteiger partial charge in [-0.15, -0.1) is 0 Å². The van der Waals surface area contributed by atoms with Crippen molar-refractivity contribution >= 4 is 23.6 Å². The van der Waals surface area contributed by atoms with Crippen LogP contribution in [0.25, 0.3) is 6.08 Å². The van der Waals surface area contributed by atoms with E-state index < -0.39 is 11.9 Å². The predicted octanol–water partition coefficient (Wildman–Crippen LogP) is 4.10. The maximum atomic E-state index is 12.5. The second kappa shape index (κ2) is 7.50. The first kappa shape index (κ1) is 20.0. The van der Waals surface area contributed by atoms with E-state index >= 15 is 0 Å². The lowest BCUT2D eigenvalue weighted by atomic mass is 10.1. The fourth-order valence-corrected chi connectivity index (χ4v) is 3.20. The second-order valence-electron chi connectivity index (χ2n) is 7.34. The van der Waals surface area contributed by atoms with Gasteiger partial charge in [0.15, 0.2) is 0 Å². The first-order valence-electron chi connectivity index (χ1n) is 8.50. The van der Waals surface area contributed by atoms with Crippen molar-refractivity contribution in [2.24, 2.45) is 0 Å². The van der Waals surface area contributed by atoms with Crippen molar-refractivity contribution in [1.29, 1.82) is 5.26 Å². The number of anilines is 1. The Labute approximate surface area is 158 Å². The summed E-state index contributed by atoms with van der Waals surface area (Å²) in [4.78, 5) is 23.5. The lowest BCUT2D eigenvalue weighted by Gasteiger charge is -2.25. The zero-order chi connectivity index (χ0) is 20.4. The largest absolute Gasteiger partial charge is 0.478 e.